The lowest BCUT2D eigenvalue weighted by Crippen LogP contribution is -2.10. The van der Waals surface area contributed by atoms with Gasteiger partial charge in [0.15, 0.2) is 0 Å². The highest BCUT2D eigenvalue weighted by atomic mass is 79.9. The summed E-state index contributed by atoms with van der Waals surface area (Å²) in [5.41, 5.74) is 6.35. The van der Waals surface area contributed by atoms with Gasteiger partial charge >= 0.3 is 0 Å². The van der Waals surface area contributed by atoms with Gasteiger partial charge in [0.1, 0.15) is 16.5 Å². The molecule has 0 unspecified atom stereocenters. The van der Waals surface area contributed by atoms with E-state index in [0.29, 0.717) is 22.1 Å². The van der Waals surface area contributed by atoms with Gasteiger partial charge in [0, 0.05) is 8.95 Å². The largest absolute Gasteiger partial charge is 0.455 e. The van der Waals surface area contributed by atoms with E-state index in [-0.39, 0.29) is 4.99 Å². The van der Waals surface area contributed by atoms with Crippen LogP contribution in [0.5, 0.6) is 11.5 Å². The SMILES string of the molecule is NC(=S)c1cc(Br)ccc1Oc1cc(Br)ccc1Cl. The lowest BCUT2D eigenvalue weighted by Gasteiger charge is -2.12. The minimum atomic E-state index is 0.266. The number of rotatable bonds is 3. The second-order valence-electron chi connectivity index (χ2n) is 3.68. The molecule has 2 nitrogen and oxygen atoms in total. The molecular weight excluding hydrogens is 413 g/mol. The minimum absolute atomic E-state index is 0.266. The van der Waals surface area contributed by atoms with E-state index in [1.807, 2.05) is 18.2 Å². The predicted molar refractivity (Wildman–Crippen MR) is 89.3 cm³/mol. The molecule has 2 aromatic carbocycles. The molecule has 0 aromatic heterocycles. The Hall–Kier alpha value is -0.620. The molecule has 2 N–H and O–H groups in total. The molecule has 0 atom stereocenters. The minimum Gasteiger partial charge on any atom is -0.455 e. The molecule has 0 aliphatic carbocycles. The fourth-order valence-corrected chi connectivity index (χ4v) is 2.47. The summed E-state index contributed by atoms with van der Waals surface area (Å²) in [7, 11) is 0. The van der Waals surface area contributed by atoms with Crippen LogP contribution in [-0.2, 0) is 0 Å². The molecule has 0 heterocycles. The van der Waals surface area contributed by atoms with Crippen LogP contribution in [0.4, 0.5) is 0 Å². The van der Waals surface area contributed by atoms with E-state index in [1.165, 1.54) is 0 Å². The van der Waals surface area contributed by atoms with E-state index < -0.39 is 0 Å². The average molecular weight is 422 g/mol. The summed E-state index contributed by atoms with van der Waals surface area (Å²) in [6, 6.07) is 10.8. The molecule has 0 aliphatic rings. The molecule has 0 aliphatic heterocycles. The molecule has 0 spiro atoms. The van der Waals surface area contributed by atoms with E-state index >= 15 is 0 Å². The van der Waals surface area contributed by atoms with Crippen molar-refractivity contribution < 1.29 is 4.74 Å². The van der Waals surface area contributed by atoms with Crippen LogP contribution in [-0.4, -0.2) is 4.99 Å². The first kappa shape index (κ1) is 14.8. The Morgan fingerprint density at radius 1 is 1.05 bits per heavy atom. The summed E-state index contributed by atoms with van der Waals surface area (Å²) in [5, 5.41) is 0.514. The highest BCUT2D eigenvalue weighted by molar-refractivity contribution is 9.10. The second kappa shape index (κ2) is 6.22. The first-order chi connectivity index (χ1) is 8.97. The van der Waals surface area contributed by atoms with E-state index in [4.69, 9.17) is 34.3 Å². The van der Waals surface area contributed by atoms with Crippen molar-refractivity contribution in [2.45, 2.75) is 0 Å². The monoisotopic (exact) mass is 419 g/mol. The average Bonchev–Trinajstić information content (AvgIpc) is 2.35. The van der Waals surface area contributed by atoms with Crippen molar-refractivity contribution in [2.24, 2.45) is 5.73 Å². The normalized spacial score (nSPS) is 10.3. The van der Waals surface area contributed by atoms with Crippen LogP contribution in [0.25, 0.3) is 0 Å². The molecule has 0 amide bonds. The van der Waals surface area contributed by atoms with Gasteiger partial charge in [-0.15, -0.1) is 0 Å². The quantitative estimate of drug-likeness (QED) is 0.684. The topological polar surface area (TPSA) is 35.2 Å². The zero-order valence-electron chi connectivity index (χ0n) is 9.49. The summed E-state index contributed by atoms with van der Waals surface area (Å²) < 4.78 is 7.54. The standard InChI is InChI=1S/C13H8Br2ClNOS/c14-7-2-4-11(9(5-7)13(17)19)18-12-6-8(15)1-3-10(12)16/h1-6H,(H2,17,19). The fourth-order valence-electron chi connectivity index (χ4n) is 1.46. The van der Waals surface area contributed by atoms with E-state index in [2.05, 4.69) is 31.9 Å². The molecule has 19 heavy (non-hydrogen) atoms. The smallest absolute Gasteiger partial charge is 0.147 e. The zero-order chi connectivity index (χ0) is 14.0. The highest BCUT2D eigenvalue weighted by Gasteiger charge is 2.10. The lowest BCUT2D eigenvalue weighted by atomic mass is 10.2. The Morgan fingerprint density at radius 2 is 1.68 bits per heavy atom. The number of halogens is 3. The predicted octanol–water partition coefficient (Wildman–Crippen LogP) is 5.29. The van der Waals surface area contributed by atoms with Crippen molar-refractivity contribution in [2.75, 3.05) is 0 Å². The van der Waals surface area contributed by atoms with Gasteiger partial charge in [-0.25, -0.2) is 0 Å². The van der Waals surface area contributed by atoms with Gasteiger partial charge in [0.25, 0.3) is 0 Å². The second-order valence-corrected chi connectivity index (χ2v) is 6.36. The summed E-state index contributed by atoms with van der Waals surface area (Å²) in [5.74, 6) is 1.10. The van der Waals surface area contributed by atoms with Crippen molar-refractivity contribution >= 4 is 60.7 Å². The lowest BCUT2D eigenvalue weighted by molar-refractivity contribution is 0.481. The van der Waals surface area contributed by atoms with Crippen LogP contribution < -0.4 is 10.5 Å². The molecule has 0 fully saturated rings. The van der Waals surface area contributed by atoms with Crippen molar-refractivity contribution in [3.63, 3.8) is 0 Å². The first-order valence-corrected chi connectivity index (χ1v) is 7.57. The van der Waals surface area contributed by atoms with Gasteiger partial charge in [0.2, 0.25) is 0 Å². The summed E-state index contributed by atoms with van der Waals surface area (Å²) in [6.45, 7) is 0. The van der Waals surface area contributed by atoms with Crippen LogP contribution in [0.15, 0.2) is 45.3 Å². The van der Waals surface area contributed by atoms with Crippen LogP contribution >= 0.6 is 55.7 Å². The molecule has 2 aromatic rings. The number of benzene rings is 2. The summed E-state index contributed by atoms with van der Waals surface area (Å²) >= 11 is 17.9. The van der Waals surface area contributed by atoms with Crippen molar-refractivity contribution in [1.29, 1.82) is 0 Å². The molecule has 0 saturated heterocycles. The van der Waals surface area contributed by atoms with Crippen LogP contribution in [0.1, 0.15) is 5.56 Å². The van der Waals surface area contributed by atoms with Crippen LogP contribution in [0, 0.1) is 0 Å². The third kappa shape index (κ3) is 3.69. The van der Waals surface area contributed by atoms with Gasteiger partial charge in [-0.2, -0.15) is 0 Å². The van der Waals surface area contributed by atoms with E-state index in [0.717, 1.165) is 8.95 Å². The van der Waals surface area contributed by atoms with Crippen LogP contribution in [0.2, 0.25) is 5.02 Å². The molecule has 0 saturated carbocycles. The molecule has 6 heteroatoms. The van der Waals surface area contributed by atoms with Crippen molar-refractivity contribution in [1.82, 2.24) is 0 Å². The maximum Gasteiger partial charge on any atom is 0.147 e. The Morgan fingerprint density at radius 3 is 2.37 bits per heavy atom. The number of hydrogen-bond donors (Lipinski definition) is 1. The summed E-state index contributed by atoms with van der Waals surface area (Å²) in [6.07, 6.45) is 0. The third-order valence-electron chi connectivity index (χ3n) is 2.32. The van der Waals surface area contributed by atoms with E-state index in [1.54, 1.807) is 18.2 Å². The Kier molecular flexibility index (Phi) is 4.84. The number of hydrogen-bond acceptors (Lipinski definition) is 2. The maximum atomic E-state index is 6.09. The highest BCUT2D eigenvalue weighted by Crippen LogP contribution is 2.34. The van der Waals surface area contributed by atoms with Crippen LogP contribution in [0.3, 0.4) is 0 Å². The van der Waals surface area contributed by atoms with Gasteiger partial charge in [-0.05, 0) is 36.4 Å². The van der Waals surface area contributed by atoms with Gasteiger partial charge in [0.05, 0.1) is 10.6 Å². The maximum absolute atomic E-state index is 6.09. The number of ether oxygens (including phenoxy) is 1. The van der Waals surface area contributed by atoms with Crippen molar-refractivity contribution in [3.05, 3.63) is 55.9 Å². The molecule has 0 bridgehead atoms. The van der Waals surface area contributed by atoms with Gasteiger partial charge in [-0.1, -0.05) is 55.7 Å². The number of thiocarbonyl (C=S) groups is 1. The Bertz CT molecular complexity index is 649. The molecule has 0 radical (unpaired) electrons. The molecule has 2 rings (SSSR count). The molecular formula is C13H8Br2ClNOS. The first-order valence-electron chi connectivity index (χ1n) is 5.19. The fraction of sp³-hybridized carbons (Fsp3) is 0. The van der Waals surface area contributed by atoms with Gasteiger partial charge in [-0.3, -0.25) is 0 Å². The molecule has 98 valence electrons. The van der Waals surface area contributed by atoms with E-state index in [9.17, 15) is 0 Å². The van der Waals surface area contributed by atoms with Crippen molar-refractivity contribution in [3.8, 4) is 11.5 Å². The Balaban J connectivity index is 2.43. The summed E-state index contributed by atoms with van der Waals surface area (Å²) in [4.78, 5) is 0.266. The third-order valence-corrected chi connectivity index (χ3v) is 3.84. The zero-order valence-corrected chi connectivity index (χ0v) is 14.2. The number of nitrogens with two attached hydrogens (primary N) is 1. The van der Waals surface area contributed by atoms with Gasteiger partial charge < -0.3 is 10.5 Å². The Labute approximate surface area is 138 Å².